The van der Waals surface area contributed by atoms with Gasteiger partial charge in [0, 0.05) is 32.5 Å². The van der Waals surface area contributed by atoms with Crippen molar-refractivity contribution < 1.29 is 4.79 Å². The van der Waals surface area contributed by atoms with Crippen LogP contribution in [-0.4, -0.2) is 36.1 Å². The van der Waals surface area contributed by atoms with E-state index >= 15 is 0 Å². The van der Waals surface area contributed by atoms with Gasteiger partial charge in [-0.3, -0.25) is 9.88 Å². The number of allylic oxidation sites excluding steroid dienone is 2. The first-order valence-electron chi connectivity index (χ1n) is 7.89. The zero-order valence-corrected chi connectivity index (χ0v) is 14.4. The average molecular weight is 335 g/mol. The van der Waals surface area contributed by atoms with Crippen LogP contribution in [0.3, 0.4) is 0 Å². The van der Waals surface area contributed by atoms with Crippen molar-refractivity contribution in [3.05, 3.63) is 47.5 Å². The van der Waals surface area contributed by atoms with Gasteiger partial charge in [-0.15, -0.1) is 0 Å². The Labute approximate surface area is 142 Å². The SMILES string of the molecule is CCCNC(=O)N(C)C1=CN(c2cccnc2)CCCC=C1Cl. The number of carbonyl (C=O) groups is 1. The molecule has 1 aromatic heterocycles. The van der Waals surface area contributed by atoms with Gasteiger partial charge >= 0.3 is 6.03 Å². The molecule has 1 aliphatic rings. The van der Waals surface area contributed by atoms with Gasteiger partial charge in [-0.25, -0.2) is 4.79 Å². The van der Waals surface area contributed by atoms with E-state index in [0.29, 0.717) is 17.3 Å². The fraction of sp³-hybridized carbons (Fsp3) is 0.412. The number of urea groups is 1. The van der Waals surface area contributed by atoms with Crippen LogP contribution in [0.15, 0.2) is 47.5 Å². The van der Waals surface area contributed by atoms with Crippen molar-refractivity contribution in [2.75, 3.05) is 25.0 Å². The maximum absolute atomic E-state index is 12.2. The third kappa shape index (κ3) is 4.73. The summed E-state index contributed by atoms with van der Waals surface area (Å²) in [6.45, 7) is 3.51. The van der Waals surface area contributed by atoms with Gasteiger partial charge in [-0.2, -0.15) is 0 Å². The smallest absolute Gasteiger partial charge is 0.321 e. The van der Waals surface area contributed by atoms with E-state index in [0.717, 1.165) is 31.5 Å². The Morgan fingerprint density at radius 3 is 3.04 bits per heavy atom. The largest absolute Gasteiger partial charge is 0.345 e. The molecule has 0 atom stereocenters. The number of carbonyl (C=O) groups excluding carboxylic acids is 1. The number of pyridine rings is 1. The van der Waals surface area contributed by atoms with Gasteiger partial charge in [0.25, 0.3) is 0 Å². The Kier molecular flexibility index (Phi) is 6.47. The molecule has 0 aromatic carbocycles. The van der Waals surface area contributed by atoms with E-state index in [1.165, 1.54) is 0 Å². The highest BCUT2D eigenvalue weighted by molar-refractivity contribution is 6.32. The van der Waals surface area contributed by atoms with Crippen LogP contribution in [0.25, 0.3) is 0 Å². The second-order valence-electron chi connectivity index (χ2n) is 5.40. The van der Waals surface area contributed by atoms with Crippen LogP contribution in [0, 0.1) is 0 Å². The molecule has 2 amide bonds. The van der Waals surface area contributed by atoms with Crippen LogP contribution in [0.4, 0.5) is 10.5 Å². The Hall–Kier alpha value is -2.01. The normalized spacial score (nSPS) is 15.2. The maximum Gasteiger partial charge on any atom is 0.321 e. The monoisotopic (exact) mass is 334 g/mol. The summed E-state index contributed by atoms with van der Waals surface area (Å²) in [5.41, 5.74) is 1.67. The minimum atomic E-state index is -0.156. The molecule has 124 valence electrons. The van der Waals surface area contributed by atoms with Crippen LogP contribution in [0.2, 0.25) is 0 Å². The Morgan fingerprint density at radius 1 is 1.52 bits per heavy atom. The van der Waals surface area contributed by atoms with Gasteiger partial charge in [0.15, 0.2) is 0 Å². The van der Waals surface area contributed by atoms with Crippen molar-refractivity contribution in [3.8, 4) is 0 Å². The lowest BCUT2D eigenvalue weighted by atomic mass is 10.2. The molecule has 23 heavy (non-hydrogen) atoms. The molecule has 1 aromatic rings. The molecule has 0 saturated carbocycles. The predicted octanol–water partition coefficient (Wildman–Crippen LogP) is 3.70. The number of aromatic nitrogens is 1. The van der Waals surface area contributed by atoms with E-state index in [1.54, 1.807) is 18.1 Å². The molecule has 1 aliphatic heterocycles. The predicted molar refractivity (Wildman–Crippen MR) is 94.3 cm³/mol. The molecule has 1 N–H and O–H groups in total. The molecule has 2 rings (SSSR count). The van der Waals surface area contributed by atoms with E-state index in [4.69, 9.17) is 11.6 Å². The second kappa shape index (κ2) is 8.58. The number of halogens is 1. The summed E-state index contributed by atoms with van der Waals surface area (Å²) >= 11 is 6.41. The fourth-order valence-electron chi connectivity index (χ4n) is 2.30. The van der Waals surface area contributed by atoms with Crippen molar-refractivity contribution in [1.29, 1.82) is 0 Å². The highest BCUT2D eigenvalue weighted by Crippen LogP contribution is 2.25. The van der Waals surface area contributed by atoms with Gasteiger partial charge < -0.3 is 10.2 Å². The van der Waals surface area contributed by atoms with Crippen molar-refractivity contribution in [2.45, 2.75) is 26.2 Å². The molecular formula is C17H23ClN4O. The molecule has 0 unspecified atom stereocenters. The van der Waals surface area contributed by atoms with Gasteiger partial charge in [-0.1, -0.05) is 24.6 Å². The number of hydrogen-bond donors (Lipinski definition) is 1. The van der Waals surface area contributed by atoms with Gasteiger partial charge in [0.2, 0.25) is 0 Å². The molecular weight excluding hydrogens is 312 g/mol. The lowest BCUT2D eigenvalue weighted by Gasteiger charge is -2.27. The van der Waals surface area contributed by atoms with Crippen molar-refractivity contribution >= 4 is 23.3 Å². The van der Waals surface area contributed by atoms with E-state index in [1.807, 2.05) is 37.5 Å². The van der Waals surface area contributed by atoms with Crippen molar-refractivity contribution in [3.63, 3.8) is 0 Å². The van der Waals surface area contributed by atoms with Crippen molar-refractivity contribution in [2.24, 2.45) is 0 Å². The van der Waals surface area contributed by atoms with Crippen LogP contribution in [0.1, 0.15) is 26.2 Å². The van der Waals surface area contributed by atoms with E-state index in [2.05, 4.69) is 15.2 Å². The average Bonchev–Trinajstić information content (AvgIpc) is 2.57. The first-order chi connectivity index (χ1) is 11.1. The molecule has 6 heteroatoms. The molecule has 2 heterocycles. The van der Waals surface area contributed by atoms with E-state index in [-0.39, 0.29) is 6.03 Å². The standard InChI is InChI=1S/C17H23ClN4O/c1-3-9-20-17(23)21(2)16-13-22(11-5-4-8-15(16)18)14-7-6-10-19-12-14/h6-8,10,12-13H,3-5,9,11H2,1-2H3,(H,20,23). The van der Waals surface area contributed by atoms with E-state index in [9.17, 15) is 4.79 Å². The van der Waals surface area contributed by atoms with Gasteiger partial charge in [0.1, 0.15) is 0 Å². The van der Waals surface area contributed by atoms with Crippen LogP contribution in [0.5, 0.6) is 0 Å². The summed E-state index contributed by atoms with van der Waals surface area (Å²) in [6, 6.07) is 3.74. The molecule has 0 aliphatic carbocycles. The highest BCUT2D eigenvalue weighted by atomic mass is 35.5. The summed E-state index contributed by atoms with van der Waals surface area (Å²) in [4.78, 5) is 20.1. The number of rotatable bonds is 4. The molecule has 0 radical (unpaired) electrons. The molecule has 0 fully saturated rings. The minimum absolute atomic E-state index is 0.156. The Balaban J connectivity index is 2.28. The van der Waals surface area contributed by atoms with Crippen LogP contribution in [-0.2, 0) is 0 Å². The maximum atomic E-state index is 12.2. The number of anilines is 1. The number of nitrogens with zero attached hydrogens (tertiary/aromatic N) is 3. The molecule has 0 bridgehead atoms. The van der Waals surface area contributed by atoms with E-state index < -0.39 is 0 Å². The molecule has 0 saturated heterocycles. The topological polar surface area (TPSA) is 48.5 Å². The van der Waals surface area contributed by atoms with Crippen molar-refractivity contribution in [1.82, 2.24) is 15.2 Å². The summed E-state index contributed by atoms with van der Waals surface area (Å²) in [5.74, 6) is 0. The van der Waals surface area contributed by atoms with Crippen LogP contribution < -0.4 is 10.2 Å². The molecule has 0 spiro atoms. The first-order valence-corrected chi connectivity index (χ1v) is 8.27. The third-order valence-electron chi connectivity index (χ3n) is 3.62. The summed E-state index contributed by atoms with van der Waals surface area (Å²) in [5, 5.41) is 3.46. The first kappa shape index (κ1) is 17.3. The lowest BCUT2D eigenvalue weighted by molar-refractivity contribution is 0.220. The second-order valence-corrected chi connectivity index (χ2v) is 5.81. The van der Waals surface area contributed by atoms with Gasteiger partial charge in [-0.05, 0) is 31.4 Å². The Bertz CT molecular complexity index is 586. The zero-order valence-electron chi connectivity index (χ0n) is 13.6. The highest BCUT2D eigenvalue weighted by Gasteiger charge is 2.19. The minimum Gasteiger partial charge on any atom is -0.345 e. The number of amides is 2. The number of nitrogens with one attached hydrogen (secondary N) is 1. The summed E-state index contributed by atoms with van der Waals surface area (Å²) in [7, 11) is 1.73. The third-order valence-corrected chi connectivity index (χ3v) is 3.97. The quantitative estimate of drug-likeness (QED) is 0.913. The summed E-state index contributed by atoms with van der Waals surface area (Å²) in [6.07, 6.45) is 10.2. The van der Waals surface area contributed by atoms with Gasteiger partial charge in [0.05, 0.1) is 22.6 Å². The number of hydrogen-bond acceptors (Lipinski definition) is 3. The lowest BCUT2D eigenvalue weighted by Crippen LogP contribution is -2.38. The molecule has 5 nitrogen and oxygen atoms in total. The summed E-state index contributed by atoms with van der Waals surface area (Å²) < 4.78 is 0. The fourth-order valence-corrected chi connectivity index (χ4v) is 2.59. The van der Waals surface area contributed by atoms with Crippen LogP contribution >= 0.6 is 11.6 Å². The number of likely N-dealkylation sites (N-methyl/N-ethyl adjacent to an activating group) is 1. The zero-order chi connectivity index (χ0) is 16.7. The Morgan fingerprint density at radius 2 is 2.35 bits per heavy atom.